The second-order valence-corrected chi connectivity index (χ2v) is 8.70. The number of nitro groups is 1. The van der Waals surface area contributed by atoms with Crippen molar-refractivity contribution in [2.45, 2.75) is 37.0 Å². The van der Waals surface area contributed by atoms with Crippen LogP contribution in [0.25, 0.3) is 0 Å². The lowest BCUT2D eigenvalue weighted by Crippen LogP contribution is -2.41. The first kappa shape index (κ1) is 24.4. The van der Waals surface area contributed by atoms with E-state index in [1.165, 1.54) is 29.2 Å². The molecule has 1 fully saturated rings. The molecule has 176 valence electrons. The molecule has 2 atom stereocenters. The summed E-state index contributed by atoms with van der Waals surface area (Å²) in [5, 5.41) is 10.8. The molecule has 10 heteroatoms. The van der Waals surface area contributed by atoms with Gasteiger partial charge >= 0.3 is 12.1 Å². The van der Waals surface area contributed by atoms with E-state index in [9.17, 15) is 19.7 Å². The fraction of sp³-hybridized carbons (Fsp3) is 0.391. The number of hydrogen-bond acceptors (Lipinski definition) is 8. The number of non-ortho nitro benzene ring substituents is 1. The Balaban J connectivity index is 1.59. The molecule has 2 aromatic rings. The molecule has 33 heavy (non-hydrogen) atoms. The Morgan fingerprint density at radius 2 is 1.76 bits per heavy atom. The molecule has 1 saturated heterocycles. The van der Waals surface area contributed by atoms with Crippen molar-refractivity contribution in [2.75, 3.05) is 20.3 Å². The lowest BCUT2D eigenvalue weighted by molar-refractivity contribution is -0.384. The summed E-state index contributed by atoms with van der Waals surface area (Å²) < 4.78 is 15.7. The molecule has 0 unspecified atom stereocenters. The quantitative estimate of drug-likeness (QED) is 0.303. The molecule has 3 rings (SSSR count). The standard InChI is InChI=1S/C23H26N2O7S/c1-3-31-22(26)21-12-20(33-15-17-6-10-19(30-2)11-7-17)13-24(21)23(27)32-14-16-4-8-18(9-5-16)25(28)29/h4-11,20-21H,3,12-15H2,1-2H3/t20-,21-/m0/s1. The minimum Gasteiger partial charge on any atom is -0.497 e. The van der Waals surface area contributed by atoms with Gasteiger partial charge in [0.15, 0.2) is 0 Å². The van der Waals surface area contributed by atoms with Crippen LogP contribution < -0.4 is 4.74 Å². The number of ether oxygens (including phenoxy) is 3. The highest BCUT2D eigenvalue weighted by Crippen LogP contribution is 2.31. The number of nitrogens with zero attached hydrogens (tertiary/aromatic N) is 2. The molecule has 0 saturated carbocycles. The Morgan fingerprint density at radius 3 is 2.36 bits per heavy atom. The van der Waals surface area contributed by atoms with Crippen molar-refractivity contribution in [3.8, 4) is 5.75 Å². The third-order valence-corrected chi connectivity index (χ3v) is 6.52. The highest BCUT2D eigenvalue weighted by molar-refractivity contribution is 7.99. The van der Waals surface area contributed by atoms with Gasteiger partial charge in [-0.3, -0.25) is 15.0 Å². The number of methoxy groups -OCH3 is 1. The SMILES string of the molecule is CCOC(=O)[C@@H]1C[C@H](SCc2ccc(OC)cc2)CN1C(=O)OCc1ccc([N+](=O)[O-])cc1. The molecular formula is C23H26N2O7S. The van der Waals surface area contributed by atoms with Gasteiger partial charge in [-0.15, -0.1) is 0 Å². The molecule has 1 amide bonds. The number of benzene rings is 2. The summed E-state index contributed by atoms with van der Waals surface area (Å²) in [5.41, 5.74) is 1.70. The Kier molecular flexibility index (Phi) is 8.53. The summed E-state index contributed by atoms with van der Waals surface area (Å²) in [6, 6.07) is 12.8. The van der Waals surface area contributed by atoms with Crippen LogP contribution in [0.4, 0.5) is 10.5 Å². The molecule has 0 N–H and O–H groups in total. The van der Waals surface area contributed by atoms with Crippen molar-refractivity contribution in [1.82, 2.24) is 4.90 Å². The number of likely N-dealkylation sites (tertiary alicyclic amines) is 1. The van der Waals surface area contributed by atoms with Crippen LogP contribution in [-0.4, -0.2) is 53.4 Å². The van der Waals surface area contributed by atoms with Gasteiger partial charge in [-0.25, -0.2) is 9.59 Å². The monoisotopic (exact) mass is 474 g/mol. The zero-order chi connectivity index (χ0) is 23.8. The predicted molar refractivity (Wildman–Crippen MR) is 123 cm³/mol. The van der Waals surface area contributed by atoms with Gasteiger partial charge in [0.2, 0.25) is 0 Å². The van der Waals surface area contributed by atoms with Gasteiger partial charge in [0.1, 0.15) is 18.4 Å². The summed E-state index contributed by atoms with van der Waals surface area (Å²) in [7, 11) is 1.62. The van der Waals surface area contributed by atoms with Crippen LogP contribution >= 0.6 is 11.8 Å². The van der Waals surface area contributed by atoms with Crippen LogP contribution in [0.2, 0.25) is 0 Å². The fourth-order valence-corrected chi connectivity index (χ4v) is 4.66. The van der Waals surface area contributed by atoms with E-state index in [2.05, 4.69) is 0 Å². The van der Waals surface area contributed by atoms with Gasteiger partial charge in [0, 0.05) is 29.7 Å². The van der Waals surface area contributed by atoms with Gasteiger partial charge in [0.05, 0.1) is 18.6 Å². The molecule has 1 heterocycles. The summed E-state index contributed by atoms with van der Waals surface area (Å²) in [5.74, 6) is 1.07. The number of carbonyl (C=O) groups excluding carboxylic acids is 2. The molecule has 0 spiro atoms. The zero-order valence-corrected chi connectivity index (χ0v) is 19.3. The molecule has 0 aromatic heterocycles. The molecule has 1 aliphatic heterocycles. The lowest BCUT2D eigenvalue weighted by Gasteiger charge is -2.22. The van der Waals surface area contributed by atoms with Crippen LogP contribution in [0.1, 0.15) is 24.5 Å². The molecule has 0 bridgehead atoms. The summed E-state index contributed by atoms with van der Waals surface area (Å²) in [4.78, 5) is 36.9. The second kappa shape index (κ2) is 11.6. The number of thioether (sulfide) groups is 1. The minimum absolute atomic E-state index is 0.0382. The van der Waals surface area contributed by atoms with E-state index < -0.39 is 23.0 Å². The fourth-order valence-electron chi connectivity index (χ4n) is 3.46. The van der Waals surface area contributed by atoms with E-state index in [-0.39, 0.29) is 24.2 Å². The maximum absolute atomic E-state index is 12.8. The summed E-state index contributed by atoms with van der Waals surface area (Å²) in [6.45, 7) is 2.26. The largest absolute Gasteiger partial charge is 0.497 e. The topological polar surface area (TPSA) is 108 Å². The molecule has 0 radical (unpaired) electrons. The number of hydrogen-bond donors (Lipinski definition) is 0. The van der Waals surface area contributed by atoms with Gasteiger partial charge in [-0.05, 0) is 48.7 Å². The highest BCUT2D eigenvalue weighted by atomic mass is 32.2. The van der Waals surface area contributed by atoms with Gasteiger partial charge in [0.25, 0.3) is 5.69 Å². The Hall–Kier alpha value is -3.27. The average molecular weight is 475 g/mol. The molecule has 1 aliphatic rings. The maximum Gasteiger partial charge on any atom is 0.410 e. The van der Waals surface area contributed by atoms with Crippen molar-refractivity contribution < 1.29 is 28.7 Å². The predicted octanol–water partition coefficient (Wildman–Crippen LogP) is 4.18. The second-order valence-electron chi connectivity index (χ2n) is 7.42. The van der Waals surface area contributed by atoms with Crippen LogP contribution in [0.15, 0.2) is 48.5 Å². The zero-order valence-electron chi connectivity index (χ0n) is 18.5. The van der Waals surface area contributed by atoms with E-state index >= 15 is 0 Å². The Morgan fingerprint density at radius 1 is 1.09 bits per heavy atom. The normalized spacial score (nSPS) is 17.5. The van der Waals surface area contributed by atoms with Crippen LogP contribution in [0.5, 0.6) is 5.75 Å². The van der Waals surface area contributed by atoms with Crippen molar-refractivity contribution in [3.05, 3.63) is 69.8 Å². The van der Waals surface area contributed by atoms with E-state index in [1.54, 1.807) is 25.8 Å². The lowest BCUT2D eigenvalue weighted by atomic mass is 10.2. The van der Waals surface area contributed by atoms with Crippen LogP contribution in [-0.2, 0) is 26.6 Å². The van der Waals surface area contributed by atoms with E-state index in [4.69, 9.17) is 14.2 Å². The molecule has 9 nitrogen and oxygen atoms in total. The van der Waals surface area contributed by atoms with E-state index in [0.717, 1.165) is 17.1 Å². The number of carbonyl (C=O) groups is 2. The number of rotatable bonds is 9. The van der Waals surface area contributed by atoms with Crippen molar-refractivity contribution in [3.63, 3.8) is 0 Å². The van der Waals surface area contributed by atoms with Gasteiger partial charge in [-0.1, -0.05) is 12.1 Å². The highest BCUT2D eigenvalue weighted by Gasteiger charge is 2.41. The van der Waals surface area contributed by atoms with E-state index in [1.807, 2.05) is 24.3 Å². The average Bonchev–Trinajstić information content (AvgIpc) is 3.26. The third kappa shape index (κ3) is 6.61. The third-order valence-electron chi connectivity index (χ3n) is 5.21. The molecule has 2 aromatic carbocycles. The first-order valence-electron chi connectivity index (χ1n) is 10.5. The minimum atomic E-state index is -0.706. The smallest absolute Gasteiger partial charge is 0.410 e. The van der Waals surface area contributed by atoms with Gasteiger partial charge < -0.3 is 14.2 Å². The van der Waals surface area contributed by atoms with Crippen LogP contribution in [0.3, 0.4) is 0 Å². The first-order valence-corrected chi connectivity index (χ1v) is 11.5. The Labute approximate surface area is 196 Å². The van der Waals surface area contributed by atoms with Crippen molar-refractivity contribution in [2.24, 2.45) is 0 Å². The summed E-state index contributed by atoms with van der Waals surface area (Å²) >= 11 is 1.67. The number of esters is 1. The number of amides is 1. The van der Waals surface area contributed by atoms with Crippen molar-refractivity contribution >= 4 is 29.5 Å². The van der Waals surface area contributed by atoms with Crippen LogP contribution in [0, 0.1) is 10.1 Å². The molecule has 0 aliphatic carbocycles. The van der Waals surface area contributed by atoms with E-state index in [0.29, 0.717) is 18.5 Å². The first-order chi connectivity index (χ1) is 15.9. The van der Waals surface area contributed by atoms with Gasteiger partial charge in [-0.2, -0.15) is 11.8 Å². The maximum atomic E-state index is 12.8. The summed E-state index contributed by atoms with van der Waals surface area (Å²) in [6.07, 6.45) is -0.134. The number of nitro benzene ring substituents is 1. The van der Waals surface area contributed by atoms with Crippen molar-refractivity contribution in [1.29, 1.82) is 0 Å². The molecular weight excluding hydrogens is 448 g/mol. The Bertz CT molecular complexity index is 966.